The van der Waals surface area contributed by atoms with Gasteiger partial charge in [0, 0.05) is 12.5 Å². The summed E-state index contributed by atoms with van der Waals surface area (Å²) in [5.74, 6) is -0.688. The number of aliphatic hydroxyl groups is 2. The van der Waals surface area contributed by atoms with Crippen LogP contribution in [0.3, 0.4) is 0 Å². The van der Waals surface area contributed by atoms with Crippen LogP contribution in [-0.2, 0) is 14.3 Å². The van der Waals surface area contributed by atoms with Gasteiger partial charge in [0.25, 0.3) is 5.56 Å². The van der Waals surface area contributed by atoms with Crippen molar-refractivity contribution in [1.82, 2.24) is 14.8 Å². The molecule has 1 fully saturated rings. The first kappa shape index (κ1) is 16.1. The molecule has 10 nitrogen and oxygen atoms in total. The fraction of sp³-hybridized carbons (Fsp3) is 0.500. The summed E-state index contributed by atoms with van der Waals surface area (Å²) in [6.45, 7) is -0.412. The van der Waals surface area contributed by atoms with Crippen LogP contribution in [0.5, 0.6) is 0 Å². The molecule has 1 aromatic rings. The second-order valence-corrected chi connectivity index (χ2v) is 4.56. The summed E-state index contributed by atoms with van der Waals surface area (Å²) in [4.78, 5) is 36.5. The van der Waals surface area contributed by atoms with Crippen molar-refractivity contribution in [3.05, 3.63) is 32.6 Å². The number of ether oxygens (including phenoxy) is 2. The van der Waals surface area contributed by atoms with Gasteiger partial charge in [-0.1, -0.05) is 0 Å². The Hall–Kier alpha value is -2.30. The minimum Gasteiger partial charge on any atom is -0.466 e. The summed E-state index contributed by atoms with van der Waals surface area (Å²) in [6, 6.07) is 0. The van der Waals surface area contributed by atoms with E-state index in [0.29, 0.717) is 0 Å². The molecule has 0 spiro atoms. The van der Waals surface area contributed by atoms with Gasteiger partial charge in [0.05, 0.1) is 19.8 Å². The molecule has 120 valence electrons. The van der Waals surface area contributed by atoms with Gasteiger partial charge >= 0.3 is 11.7 Å². The highest BCUT2D eigenvalue weighted by Gasteiger charge is 2.35. The smallest absolute Gasteiger partial charge is 0.347 e. The fourth-order valence-corrected chi connectivity index (χ4v) is 1.97. The zero-order valence-corrected chi connectivity index (χ0v) is 11.6. The van der Waals surface area contributed by atoms with E-state index in [2.05, 4.69) is 9.84 Å². The van der Waals surface area contributed by atoms with Gasteiger partial charge in [0.15, 0.2) is 6.23 Å². The van der Waals surface area contributed by atoms with Gasteiger partial charge in [0.1, 0.15) is 11.8 Å². The minimum atomic E-state index is -0.954. The molecule has 10 heteroatoms. The summed E-state index contributed by atoms with van der Waals surface area (Å²) in [5.41, 5.74) is -1.80. The molecule has 2 heterocycles. The molecule has 3 atom stereocenters. The molecular formula is C12H15N3O7. The number of carbonyl (C=O) groups is 1. The third-order valence-corrected chi connectivity index (χ3v) is 3.11. The van der Waals surface area contributed by atoms with Gasteiger partial charge < -0.3 is 19.7 Å². The van der Waals surface area contributed by atoms with Crippen molar-refractivity contribution in [3.8, 4) is 0 Å². The number of nitrogens with one attached hydrogen (secondary N) is 1. The normalized spacial score (nSPS) is 24.8. The first-order valence-electron chi connectivity index (χ1n) is 6.39. The lowest BCUT2D eigenvalue weighted by Crippen LogP contribution is -2.36. The van der Waals surface area contributed by atoms with Crippen molar-refractivity contribution in [2.45, 2.75) is 24.9 Å². The Morgan fingerprint density at radius 1 is 1.59 bits per heavy atom. The lowest BCUT2D eigenvalue weighted by atomic mass is 10.2. The van der Waals surface area contributed by atoms with E-state index in [4.69, 9.17) is 9.84 Å². The van der Waals surface area contributed by atoms with Gasteiger partial charge in [-0.3, -0.25) is 9.78 Å². The van der Waals surface area contributed by atoms with Crippen LogP contribution >= 0.6 is 0 Å². The largest absolute Gasteiger partial charge is 0.466 e. The zero-order chi connectivity index (χ0) is 16.3. The number of aromatic nitrogens is 3. The maximum Gasteiger partial charge on any atom is 0.347 e. The number of aromatic amines is 1. The van der Waals surface area contributed by atoms with E-state index in [9.17, 15) is 19.5 Å². The average molecular weight is 313 g/mol. The molecule has 0 aliphatic carbocycles. The predicted molar refractivity (Wildman–Crippen MR) is 71.8 cm³/mol. The molecule has 1 aromatic heterocycles. The van der Waals surface area contributed by atoms with Gasteiger partial charge in [-0.2, -0.15) is 9.78 Å². The van der Waals surface area contributed by atoms with Crippen LogP contribution in [0.2, 0.25) is 0 Å². The molecule has 0 saturated carbocycles. The van der Waals surface area contributed by atoms with Crippen LogP contribution in [0.4, 0.5) is 0 Å². The summed E-state index contributed by atoms with van der Waals surface area (Å²) in [7, 11) is 1.17. The Kier molecular flexibility index (Phi) is 4.85. The number of methoxy groups -OCH3 is 1. The molecule has 1 aliphatic rings. The van der Waals surface area contributed by atoms with E-state index in [-0.39, 0.29) is 12.1 Å². The zero-order valence-electron chi connectivity index (χ0n) is 11.6. The molecular weight excluding hydrogens is 298 g/mol. The molecule has 0 bridgehead atoms. The van der Waals surface area contributed by atoms with E-state index in [1.807, 2.05) is 4.98 Å². The van der Waals surface area contributed by atoms with E-state index in [1.165, 1.54) is 7.11 Å². The minimum absolute atomic E-state index is 0.0321. The van der Waals surface area contributed by atoms with Crippen LogP contribution in [0.1, 0.15) is 18.3 Å². The van der Waals surface area contributed by atoms with Crippen LogP contribution in [-0.4, -0.2) is 56.9 Å². The highest BCUT2D eigenvalue weighted by Crippen LogP contribution is 2.26. The maximum atomic E-state index is 11.8. The SMILES string of the molecule is COC(=O)C=Cc1nn([C@H]2C[C@H](O)[C@@H](CO)O2)c(=O)[nH]c1=O. The molecule has 1 aliphatic heterocycles. The second kappa shape index (κ2) is 6.64. The summed E-state index contributed by atoms with van der Waals surface area (Å²) in [5, 5.41) is 22.5. The molecule has 0 unspecified atom stereocenters. The third-order valence-electron chi connectivity index (χ3n) is 3.11. The van der Waals surface area contributed by atoms with Crippen molar-refractivity contribution >= 4 is 12.0 Å². The van der Waals surface area contributed by atoms with Crippen LogP contribution in [0, 0.1) is 0 Å². The highest BCUT2D eigenvalue weighted by molar-refractivity contribution is 5.86. The third kappa shape index (κ3) is 3.30. The van der Waals surface area contributed by atoms with E-state index in [1.54, 1.807) is 0 Å². The van der Waals surface area contributed by atoms with Gasteiger partial charge in [-0.25, -0.2) is 9.59 Å². The topological polar surface area (TPSA) is 144 Å². The number of H-pyrrole nitrogens is 1. The van der Waals surface area contributed by atoms with E-state index in [0.717, 1.165) is 16.8 Å². The molecule has 0 radical (unpaired) electrons. The lowest BCUT2D eigenvalue weighted by Gasteiger charge is -2.13. The van der Waals surface area contributed by atoms with Crippen molar-refractivity contribution in [2.75, 3.05) is 13.7 Å². The number of hydrogen-bond acceptors (Lipinski definition) is 8. The van der Waals surface area contributed by atoms with Crippen LogP contribution in [0.25, 0.3) is 6.08 Å². The molecule has 3 N–H and O–H groups in total. The van der Waals surface area contributed by atoms with Gasteiger partial charge in [-0.05, 0) is 6.08 Å². The lowest BCUT2D eigenvalue weighted by molar-refractivity contribution is -0.134. The maximum absolute atomic E-state index is 11.8. The van der Waals surface area contributed by atoms with Crippen molar-refractivity contribution in [1.29, 1.82) is 0 Å². The number of carbonyl (C=O) groups excluding carboxylic acids is 1. The van der Waals surface area contributed by atoms with E-state index < -0.39 is 42.3 Å². The van der Waals surface area contributed by atoms with Crippen LogP contribution in [0.15, 0.2) is 15.7 Å². The van der Waals surface area contributed by atoms with Crippen LogP contribution < -0.4 is 11.2 Å². The molecule has 1 saturated heterocycles. The standard InChI is InChI=1S/C12H15N3O7/c1-21-10(18)3-2-6-11(19)13-12(20)15(14-6)9-4-7(17)8(5-16)22-9/h2-3,7-9,16-17H,4-5H2,1H3,(H,13,19,20)/t7-,8+,9+/m0/s1. The second-order valence-electron chi connectivity index (χ2n) is 4.56. The van der Waals surface area contributed by atoms with Crippen molar-refractivity contribution in [2.24, 2.45) is 0 Å². The van der Waals surface area contributed by atoms with E-state index >= 15 is 0 Å². The average Bonchev–Trinajstić information content (AvgIpc) is 2.86. The van der Waals surface area contributed by atoms with Gasteiger partial charge in [-0.15, -0.1) is 0 Å². The number of hydrogen-bond donors (Lipinski definition) is 3. The summed E-state index contributed by atoms with van der Waals surface area (Å²) < 4.78 is 10.5. The fourth-order valence-electron chi connectivity index (χ4n) is 1.97. The number of nitrogens with zero attached hydrogens (tertiary/aromatic N) is 2. The Balaban J connectivity index is 2.33. The monoisotopic (exact) mass is 313 g/mol. The number of esters is 1. The molecule has 2 rings (SSSR count). The first-order valence-corrected chi connectivity index (χ1v) is 6.39. The van der Waals surface area contributed by atoms with Crippen molar-refractivity contribution in [3.63, 3.8) is 0 Å². The highest BCUT2D eigenvalue weighted by atomic mass is 16.5. The Labute approximate surface area is 123 Å². The first-order chi connectivity index (χ1) is 10.5. The Morgan fingerprint density at radius 2 is 2.32 bits per heavy atom. The van der Waals surface area contributed by atoms with Gasteiger partial charge in [0.2, 0.25) is 0 Å². The Morgan fingerprint density at radius 3 is 2.91 bits per heavy atom. The number of rotatable bonds is 4. The number of aliphatic hydroxyl groups excluding tert-OH is 2. The quantitative estimate of drug-likeness (QED) is 0.418. The predicted octanol–water partition coefficient (Wildman–Crippen LogP) is -2.24. The van der Waals surface area contributed by atoms with Crippen molar-refractivity contribution < 1.29 is 24.5 Å². The molecule has 22 heavy (non-hydrogen) atoms. The summed E-state index contributed by atoms with van der Waals surface area (Å²) in [6.07, 6.45) is -0.612. The molecule has 0 aromatic carbocycles. The molecule has 0 amide bonds. The Bertz CT molecular complexity index is 693. The summed E-state index contributed by atoms with van der Waals surface area (Å²) >= 11 is 0.